The van der Waals surface area contributed by atoms with Gasteiger partial charge in [0.15, 0.2) is 0 Å². The van der Waals surface area contributed by atoms with E-state index < -0.39 is 6.61 Å². The summed E-state index contributed by atoms with van der Waals surface area (Å²) in [5.41, 5.74) is 1.60. The molecule has 8 heteroatoms. The van der Waals surface area contributed by atoms with Crippen molar-refractivity contribution in [3.63, 3.8) is 0 Å². The number of halogens is 2. The van der Waals surface area contributed by atoms with E-state index in [-0.39, 0.29) is 24.1 Å². The lowest BCUT2D eigenvalue weighted by atomic mass is 10.1. The second-order valence-corrected chi connectivity index (χ2v) is 7.06. The van der Waals surface area contributed by atoms with Crippen LogP contribution < -0.4 is 10.1 Å². The van der Waals surface area contributed by atoms with Gasteiger partial charge in [-0.15, -0.1) is 0 Å². The number of hydrogen-bond acceptors (Lipinski definition) is 4. The third-order valence-corrected chi connectivity index (χ3v) is 4.93. The summed E-state index contributed by atoms with van der Waals surface area (Å²) in [6.45, 7) is 0.389. The van der Waals surface area contributed by atoms with Crippen molar-refractivity contribution in [2.24, 2.45) is 0 Å². The van der Waals surface area contributed by atoms with E-state index >= 15 is 0 Å². The molecular formula is C22H25F2N3O3. The molecule has 1 aliphatic rings. The number of hydrogen-bond donors (Lipinski definition) is 1. The molecule has 2 aromatic rings. The summed E-state index contributed by atoms with van der Waals surface area (Å²) < 4.78 is 28.6. The zero-order valence-corrected chi connectivity index (χ0v) is 16.6. The minimum Gasteiger partial charge on any atom is -0.435 e. The number of nitrogens with one attached hydrogen (secondary N) is 1. The molecule has 1 aliphatic heterocycles. The fourth-order valence-electron chi connectivity index (χ4n) is 3.32. The van der Waals surface area contributed by atoms with Crippen LogP contribution in [0.2, 0.25) is 0 Å². The van der Waals surface area contributed by atoms with E-state index in [0.717, 1.165) is 5.56 Å². The Morgan fingerprint density at radius 1 is 0.967 bits per heavy atom. The zero-order chi connectivity index (χ0) is 21.3. The van der Waals surface area contributed by atoms with E-state index in [4.69, 9.17) is 0 Å². The van der Waals surface area contributed by atoms with Gasteiger partial charge in [-0.05, 0) is 36.2 Å². The number of carbonyl (C=O) groups excluding carboxylic acids is 2. The Bertz CT molecular complexity index is 823. The Balaban J connectivity index is 1.34. The van der Waals surface area contributed by atoms with Crippen molar-refractivity contribution in [2.45, 2.75) is 13.0 Å². The van der Waals surface area contributed by atoms with Crippen LogP contribution in [0.15, 0.2) is 54.6 Å². The highest BCUT2D eigenvalue weighted by atomic mass is 19.3. The summed E-state index contributed by atoms with van der Waals surface area (Å²) in [4.78, 5) is 28.5. The Morgan fingerprint density at radius 3 is 2.27 bits per heavy atom. The number of benzene rings is 2. The average Bonchev–Trinajstić information content (AvgIpc) is 2.75. The van der Waals surface area contributed by atoms with Gasteiger partial charge in [0.25, 0.3) is 5.91 Å². The molecule has 2 aromatic carbocycles. The van der Waals surface area contributed by atoms with Crippen molar-refractivity contribution in [2.75, 3.05) is 39.3 Å². The Morgan fingerprint density at radius 2 is 1.63 bits per heavy atom. The zero-order valence-electron chi connectivity index (χ0n) is 16.6. The van der Waals surface area contributed by atoms with Gasteiger partial charge in [0, 0.05) is 38.3 Å². The molecule has 0 unspecified atom stereocenters. The molecule has 1 fully saturated rings. The lowest BCUT2D eigenvalue weighted by Gasteiger charge is -2.34. The molecule has 1 saturated heterocycles. The summed E-state index contributed by atoms with van der Waals surface area (Å²) in [7, 11) is 0. The highest BCUT2D eigenvalue weighted by Gasteiger charge is 2.23. The summed E-state index contributed by atoms with van der Waals surface area (Å²) in [6, 6.07) is 15.6. The second kappa shape index (κ2) is 10.7. The first-order valence-corrected chi connectivity index (χ1v) is 9.88. The number of piperazine rings is 1. The molecule has 160 valence electrons. The summed E-state index contributed by atoms with van der Waals surface area (Å²) in [5.74, 6) is 0.0582. The number of carbonyl (C=O) groups is 2. The van der Waals surface area contributed by atoms with Crippen molar-refractivity contribution < 1.29 is 23.1 Å². The van der Waals surface area contributed by atoms with Gasteiger partial charge < -0.3 is 15.0 Å². The van der Waals surface area contributed by atoms with Crippen molar-refractivity contribution in [1.29, 1.82) is 0 Å². The summed E-state index contributed by atoms with van der Waals surface area (Å²) >= 11 is 0. The van der Waals surface area contributed by atoms with Gasteiger partial charge in [-0.3, -0.25) is 14.5 Å². The van der Waals surface area contributed by atoms with Gasteiger partial charge >= 0.3 is 6.61 Å². The second-order valence-electron chi connectivity index (χ2n) is 7.06. The predicted molar refractivity (Wildman–Crippen MR) is 109 cm³/mol. The first-order valence-electron chi connectivity index (χ1n) is 9.88. The van der Waals surface area contributed by atoms with E-state index in [1.165, 1.54) is 12.1 Å². The van der Waals surface area contributed by atoms with Crippen LogP contribution in [-0.2, 0) is 11.2 Å². The number of alkyl halides is 2. The van der Waals surface area contributed by atoms with Crippen molar-refractivity contribution in [3.05, 3.63) is 65.7 Å². The lowest BCUT2D eigenvalue weighted by Crippen LogP contribution is -2.51. The molecule has 0 radical (unpaired) electrons. The van der Waals surface area contributed by atoms with Crippen LogP contribution >= 0.6 is 0 Å². The molecule has 0 aliphatic carbocycles. The van der Waals surface area contributed by atoms with Crippen LogP contribution in [-0.4, -0.2) is 67.5 Å². The molecule has 0 saturated carbocycles. The van der Waals surface area contributed by atoms with E-state index in [9.17, 15) is 18.4 Å². The Kier molecular flexibility index (Phi) is 7.73. The van der Waals surface area contributed by atoms with Crippen molar-refractivity contribution in [1.82, 2.24) is 15.1 Å². The van der Waals surface area contributed by atoms with Crippen LogP contribution in [0.4, 0.5) is 8.78 Å². The molecule has 0 bridgehead atoms. The molecular weight excluding hydrogens is 392 g/mol. The van der Waals surface area contributed by atoms with Crippen molar-refractivity contribution >= 4 is 11.8 Å². The minimum absolute atomic E-state index is 0.0182. The number of nitrogens with zero attached hydrogens (tertiary/aromatic N) is 2. The van der Waals surface area contributed by atoms with Gasteiger partial charge in [-0.1, -0.05) is 30.3 Å². The third kappa shape index (κ3) is 6.52. The van der Waals surface area contributed by atoms with Gasteiger partial charge in [-0.25, -0.2) is 0 Å². The van der Waals surface area contributed by atoms with Crippen LogP contribution in [0.1, 0.15) is 15.9 Å². The molecule has 3 rings (SSSR count). The lowest BCUT2D eigenvalue weighted by molar-refractivity contribution is -0.122. The molecule has 6 nitrogen and oxygen atoms in total. The largest absolute Gasteiger partial charge is 0.435 e. The van der Waals surface area contributed by atoms with Crippen LogP contribution in [0, 0.1) is 0 Å². The molecule has 0 spiro atoms. The van der Waals surface area contributed by atoms with E-state index in [2.05, 4.69) is 10.1 Å². The van der Waals surface area contributed by atoms with Crippen LogP contribution in [0.5, 0.6) is 5.75 Å². The maximum absolute atomic E-state index is 12.5. The minimum atomic E-state index is -2.84. The normalized spacial score (nSPS) is 14.6. The number of amides is 2. The van der Waals surface area contributed by atoms with E-state index in [1.54, 1.807) is 12.1 Å². The topological polar surface area (TPSA) is 61.9 Å². The molecule has 0 atom stereocenters. The summed E-state index contributed by atoms with van der Waals surface area (Å²) in [6.07, 6.45) is 0.597. The molecule has 1 heterocycles. The third-order valence-electron chi connectivity index (χ3n) is 4.93. The first-order chi connectivity index (χ1) is 14.5. The fourth-order valence-corrected chi connectivity index (χ4v) is 3.32. The highest BCUT2D eigenvalue weighted by Crippen LogP contribution is 2.15. The van der Waals surface area contributed by atoms with Gasteiger partial charge in [0.2, 0.25) is 5.91 Å². The quantitative estimate of drug-likeness (QED) is 0.717. The highest BCUT2D eigenvalue weighted by molar-refractivity contribution is 5.94. The maximum atomic E-state index is 12.5. The standard InChI is InChI=1S/C22H25F2N3O3/c23-22(24)30-19-8-6-17(7-9-19)10-11-25-20(28)16-26-12-14-27(15-13-26)21(29)18-4-2-1-3-5-18/h1-9,22H,10-16H2,(H,25,28). The monoisotopic (exact) mass is 417 g/mol. The Hall–Kier alpha value is -3.00. The Labute approximate surface area is 174 Å². The summed E-state index contributed by atoms with van der Waals surface area (Å²) in [5, 5.41) is 2.87. The molecule has 1 N–H and O–H groups in total. The maximum Gasteiger partial charge on any atom is 0.387 e. The first kappa shape index (κ1) is 21.7. The smallest absolute Gasteiger partial charge is 0.387 e. The molecule has 0 aromatic heterocycles. The predicted octanol–water partition coefficient (Wildman–Crippen LogP) is 2.40. The average molecular weight is 417 g/mol. The number of rotatable bonds is 8. The fraction of sp³-hybridized carbons (Fsp3) is 0.364. The van der Waals surface area contributed by atoms with Crippen molar-refractivity contribution in [3.8, 4) is 5.75 Å². The van der Waals surface area contributed by atoms with Gasteiger partial charge in [0.05, 0.1) is 6.54 Å². The molecule has 2 amide bonds. The van der Waals surface area contributed by atoms with E-state index in [1.807, 2.05) is 40.1 Å². The van der Waals surface area contributed by atoms with Crippen LogP contribution in [0.3, 0.4) is 0 Å². The van der Waals surface area contributed by atoms with Gasteiger partial charge in [-0.2, -0.15) is 8.78 Å². The van der Waals surface area contributed by atoms with Crippen LogP contribution in [0.25, 0.3) is 0 Å². The SMILES string of the molecule is O=C(CN1CCN(C(=O)c2ccccc2)CC1)NCCc1ccc(OC(F)F)cc1. The van der Waals surface area contributed by atoms with Gasteiger partial charge in [0.1, 0.15) is 5.75 Å². The molecule has 30 heavy (non-hydrogen) atoms. The number of ether oxygens (including phenoxy) is 1. The van der Waals surface area contributed by atoms with E-state index in [0.29, 0.717) is 44.7 Å².